The summed E-state index contributed by atoms with van der Waals surface area (Å²) in [6, 6.07) is 14.9. The molecule has 1 heterocycles. The molecule has 0 unspecified atom stereocenters. The molecular formula is C20H22Cl2O. The van der Waals surface area contributed by atoms with E-state index in [1.165, 1.54) is 16.7 Å². The molecule has 1 nitrogen and oxygen atoms in total. The summed E-state index contributed by atoms with van der Waals surface area (Å²) in [5, 5.41) is 1.25. The second-order valence-corrected chi connectivity index (χ2v) is 7.20. The summed E-state index contributed by atoms with van der Waals surface area (Å²) in [6.45, 7) is 3.87. The maximum absolute atomic E-state index is 6.13. The Morgan fingerprint density at radius 3 is 2.00 bits per heavy atom. The lowest BCUT2D eigenvalue weighted by Gasteiger charge is -2.18. The van der Waals surface area contributed by atoms with Crippen molar-refractivity contribution in [3.63, 3.8) is 0 Å². The molecule has 0 spiro atoms. The minimum atomic E-state index is 0.540. The first-order chi connectivity index (χ1) is 11.2. The second kappa shape index (κ2) is 7.70. The van der Waals surface area contributed by atoms with Gasteiger partial charge in [-0.15, -0.1) is 0 Å². The highest BCUT2D eigenvalue weighted by Gasteiger charge is 2.28. The van der Waals surface area contributed by atoms with E-state index in [2.05, 4.69) is 37.3 Å². The SMILES string of the molecule is CCc1ccc(C[C@H]2COC[C@@H]2Cc2ccc(Cl)c(Cl)c2)cc1. The van der Waals surface area contributed by atoms with Gasteiger partial charge in [0.1, 0.15) is 0 Å². The van der Waals surface area contributed by atoms with Crippen molar-refractivity contribution in [2.75, 3.05) is 13.2 Å². The summed E-state index contributed by atoms with van der Waals surface area (Å²) in [7, 11) is 0. The molecule has 0 amide bonds. The smallest absolute Gasteiger partial charge is 0.0595 e. The Morgan fingerprint density at radius 2 is 1.39 bits per heavy atom. The van der Waals surface area contributed by atoms with Gasteiger partial charge in [-0.3, -0.25) is 0 Å². The quantitative estimate of drug-likeness (QED) is 0.682. The fourth-order valence-electron chi connectivity index (χ4n) is 3.28. The van der Waals surface area contributed by atoms with Crippen LogP contribution in [0.15, 0.2) is 42.5 Å². The topological polar surface area (TPSA) is 9.23 Å². The van der Waals surface area contributed by atoms with Crippen molar-refractivity contribution in [2.45, 2.75) is 26.2 Å². The molecule has 1 aliphatic heterocycles. The molecule has 2 aromatic carbocycles. The number of halogens is 2. The fraction of sp³-hybridized carbons (Fsp3) is 0.400. The van der Waals surface area contributed by atoms with E-state index in [9.17, 15) is 0 Å². The van der Waals surface area contributed by atoms with E-state index in [-0.39, 0.29) is 0 Å². The third-order valence-corrected chi connectivity index (χ3v) is 5.48. The average molecular weight is 349 g/mol. The lowest BCUT2D eigenvalue weighted by Crippen LogP contribution is -2.17. The zero-order valence-corrected chi connectivity index (χ0v) is 14.9. The van der Waals surface area contributed by atoms with Crippen molar-refractivity contribution in [2.24, 2.45) is 11.8 Å². The predicted octanol–water partition coefficient (Wildman–Crippen LogP) is 5.60. The van der Waals surface area contributed by atoms with E-state index in [0.717, 1.165) is 32.5 Å². The van der Waals surface area contributed by atoms with Gasteiger partial charge in [0.15, 0.2) is 0 Å². The van der Waals surface area contributed by atoms with Crippen LogP contribution in [0, 0.1) is 11.8 Å². The van der Waals surface area contributed by atoms with E-state index < -0.39 is 0 Å². The molecule has 1 aliphatic rings. The summed E-state index contributed by atoms with van der Waals surface area (Å²) < 4.78 is 5.75. The average Bonchev–Trinajstić information content (AvgIpc) is 2.98. The maximum Gasteiger partial charge on any atom is 0.0595 e. The molecule has 2 atom stereocenters. The van der Waals surface area contributed by atoms with Crippen LogP contribution in [-0.4, -0.2) is 13.2 Å². The van der Waals surface area contributed by atoms with Gasteiger partial charge in [0.2, 0.25) is 0 Å². The van der Waals surface area contributed by atoms with Gasteiger partial charge in [-0.1, -0.05) is 60.5 Å². The maximum atomic E-state index is 6.13. The van der Waals surface area contributed by atoms with Crippen molar-refractivity contribution < 1.29 is 4.74 Å². The fourth-order valence-corrected chi connectivity index (χ4v) is 3.60. The molecule has 1 fully saturated rings. The molecule has 3 rings (SSSR count). The number of aryl methyl sites for hydroxylation is 1. The molecule has 0 N–H and O–H groups in total. The lowest BCUT2D eigenvalue weighted by atomic mass is 9.85. The van der Waals surface area contributed by atoms with Gasteiger partial charge in [-0.2, -0.15) is 0 Å². The first kappa shape index (κ1) is 16.8. The third-order valence-electron chi connectivity index (χ3n) is 4.74. The van der Waals surface area contributed by atoms with Crippen molar-refractivity contribution >= 4 is 23.2 Å². The third kappa shape index (κ3) is 4.29. The Bertz CT molecular complexity index is 651. The van der Waals surface area contributed by atoms with Crippen molar-refractivity contribution in [1.29, 1.82) is 0 Å². The number of rotatable bonds is 5. The van der Waals surface area contributed by atoms with Crippen LogP contribution in [0.1, 0.15) is 23.6 Å². The van der Waals surface area contributed by atoms with Gasteiger partial charge in [-0.25, -0.2) is 0 Å². The molecule has 1 saturated heterocycles. The largest absolute Gasteiger partial charge is 0.381 e. The van der Waals surface area contributed by atoms with Crippen LogP contribution < -0.4 is 0 Å². The highest BCUT2D eigenvalue weighted by Crippen LogP contribution is 2.30. The van der Waals surface area contributed by atoms with Crippen LogP contribution in [0.2, 0.25) is 10.0 Å². The van der Waals surface area contributed by atoms with Crippen molar-refractivity contribution in [1.82, 2.24) is 0 Å². The van der Waals surface area contributed by atoms with Crippen LogP contribution in [0.5, 0.6) is 0 Å². The normalized spacial score (nSPS) is 20.8. The Labute approximate surface area is 148 Å². The van der Waals surface area contributed by atoms with E-state index >= 15 is 0 Å². The standard InChI is InChI=1S/C20H22Cl2O/c1-2-14-3-5-15(6-4-14)9-17-12-23-13-18(17)10-16-7-8-19(21)20(22)11-16/h3-8,11,17-18H,2,9-10,12-13H2,1H3/t17-,18-/m0/s1. The summed E-state index contributed by atoms with van der Waals surface area (Å²) in [5.41, 5.74) is 4.03. The van der Waals surface area contributed by atoms with Gasteiger partial charge in [0, 0.05) is 0 Å². The molecule has 0 bridgehead atoms. The van der Waals surface area contributed by atoms with Gasteiger partial charge in [0.25, 0.3) is 0 Å². The molecule has 0 radical (unpaired) electrons. The van der Waals surface area contributed by atoms with E-state index in [1.54, 1.807) is 0 Å². The van der Waals surface area contributed by atoms with Crippen LogP contribution in [0.4, 0.5) is 0 Å². The van der Waals surface area contributed by atoms with Gasteiger partial charge in [-0.05, 0) is 59.9 Å². The first-order valence-electron chi connectivity index (χ1n) is 8.25. The molecule has 23 heavy (non-hydrogen) atoms. The molecule has 0 saturated carbocycles. The highest BCUT2D eigenvalue weighted by atomic mass is 35.5. The lowest BCUT2D eigenvalue weighted by molar-refractivity contribution is 0.180. The molecule has 0 aliphatic carbocycles. The van der Waals surface area contributed by atoms with Gasteiger partial charge < -0.3 is 4.74 Å². The van der Waals surface area contributed by atoms with Crippen LogP contribution in [0.3, 0.4) is 0 Å². The number of hydrogen-bond acceptors (Lipinski definition) is 1. The molecule has 122 valence electrons. The van der Waals surface area contributed by atoms with Crippen LogP contribution in [-0.2, 0) is 24.0 Å². The van der Waals surface area contributed by atoms with E-state index in [4.69, 9.17) is 27.9 Å². The zero-order chi connectivity index (χ0) is 16.2. The minimum absolute atomic E-state index is 0.540. The summed E-state index contributed by atoms with van der Waals surface area (Å²) in [4.78, 5) is 0. The summed E-state index contributed by atoms with van der Waals surface area (Å²) >= 11 is 12.1. The predicted molar refractivity (Wildman–Crippen MR) is 97.5 cm³/mol. The van der Waals surface area contributed by atoms with Crippen LogP contribution >= 0.6 is 23.2 Å². The van der Waals surface area contributed by atoms with E-state index in [0.29, 0.717) is 21.9 Å². The Hall–Kier alpha value is -1.02. The zero-order valence-electron chi connectivity index (χ0n) is 13.4. The number of benzene rings is 2. The van der Waals surface area contributed by atoms with Gasteiger partial charge >= 0.3 is 0 Å². The molecule has 0 aromatic heterocycles. The molecule has 3 heteroatoms. The number of ether oxygens (including phenoxy) is 1. The number of hydrogen-bond donors (Lipinski definition) is 0. The Kier molecular flexibility index (Phi) is 5.63. The Morgan fingerprint density at radius 1 is 0.826 bits per heavy atom. The molecular weight excluding hydrogens is 327 g/mol. The Balaban J connectivity index is 1.65. The van der Waals surface area contributed by atoms with Crippen molar-refractivity contribution in [3.05, 3.63) is 69.2 Å². The monoisotopic (exact) mass is 348 g/mol. The highest BCUT2D eigenvalue weighted by molar-refractivity contribution is 6.42. The van der Waals surface area contributed by atoms with Crippen LogP contribution in [0.25, 0.3) is 0 Å². The first-order valence-corrected chi connectivity index (χ1v) is 9.00. The second-order valence-electron chi connectivity index (χ2n) is 6.38. The minimum Gasteiger partial charge on any atom is -0.381 e. The summed E-state index contributed by atoms with van der Waals surface area (Å²) in [6.07, 6.45) is 3.16. The van der Waals surface area contributed by atoms with Gasteiger partial charge in [0.05, 0.1) is 23.3 Å². The molecule has 2 aromatic rings. The van der Waals surface area contributed by atoms with Crippen molar-refractivity contribution in [3.8, 4) is 0 Å². The van der Waals surface area contributed by atoms with E-state index in [1.807, 2.05) is 12.1 Å². The summed E-state index contributed by atoms with van der Waals surface area (Å²) in [5.74, 6) is 1.11.